The molecule has 0 unspecified atom stereocenters. The second-order valence-electron chi connectivity index (χ2n) is 4.46. The van der Waals surface area contributed by atoms with Crippen LogP contribution in [0.3, 0.4) is 0 Å². The van der Waals surface area contributed by atoms with Crippen molar-refractivity contribution >= 4 is 17.3 Å². The summed E-state index contributed by atoms with van der Waals surface area (Å²) in [7, 11) is 0. The molecule has 6 heteroatoms. The number of hydrogen-bond donors (Lipinski definition) is 1. The number of hydrogen-bond acceptors (Lipinski definition) is 2. The molecule has 0 fully saturated rings. The molecule has 2 rings (SSSR count). The van der Waals surface area contributed by atoms with E-state index in [1.54, 1.807) is 12.1 Å². The Labute approximate surface area is 109 Å². The van der Waals surface area contributed by atoms with Gasteiger partial charge in [0.1, 0.15) is 0 Å². The summed E-state index contributed by atoms with van der Waals surface area (Å²) in [5.74, 6) is -0.478. The van der Waals surface area contributed by atoms with Crippen LogP contribution in [-0.4, -0.2) is 25.2 Å². The standard InChI is InChI=1S/C13H15F3N2O/c14-13(15,16)7-6-12(19)18-9-3-8-17-10-4-1-2-5-11(10)18/h1-2,4-5,17H,3,6-9H2. The van der Waals surface area contributed by atoms with Crippen LogP contribution in [-0.2, 0) is 4.79 Å². The largest absolute Gasteiger partial charge is 0.389 e. The molecule has 1 amide bonds. The maximum absolute atomic E-state index is 12.2. The second kappa shape index (κ2) is 5.50. The van der Waals surface area contributed by atoms with Crippen molar-refractivity contribution in [3.05, 3.63) is 24.3 Å². The lowest BCUT2D eigenvalue weighted by Crippen LogP contribution is -2.32. The summed E-state index contributed by atoms with van der Waals surface area (Å²) in [6.07, 6.45) is -5.15. The highest BCUT2D eigenvalue weighted by atomic mass is 19.4. The van der Waals surface area contributed by atoms with E-state index in [0.29, 0.717) is 25.2 Å². The molecule has 0 bridgehead atoms. The molecule has 1 aromatic carbocycles. The zero-order valence-electron chi connectivity index (χ0n) is 10.3. The topological polar surface area (TPSA) is 32.3 Å². The smallest absolute Gasteiger partial charge is 0.383 e. The first-order valence-electron chi connectivity index (χ1n) is 6.17. The number of para-hydroxylation sites is 2. The van der Waals surface area contributed by atoms with Gasteiger partial charge in [0.05, 0.1) is 17.8 Å². The number of fused-ring (bicyclic) bond motifs is 1. The van der Waals surface area contributed by atoms with Crippen molar-refractivity contribution in [1.82, 2.24) is 0 Å². The molecule has 0 atom stereocenters. The van der Waals surface area contributed by atoms with E-state index in [-0.39, 0.29) is 0 Å². The van der Waals surface area contributed by atoms with E-state index in [2.05, 4.69) is 5.32 Å². The molecule has 0 saturated carbocycles. The van der Waals surface area contributed by atoms with E-state index < -0.39 is 24.9 Å². The van der Waals surface area contributed by atoms with Crippen molar-refractivity contribution in [3.63, 3.8) is 0 Å². The Kier molecular flexibility index (Phi) is 3.97. The minimum atomic E-state index is -4.29. The van der Waals surface area contributed by atoms with Crippen molar-refractivity contribution in [2.24, 2.45) is 0 Å². The lowest BCUT2D eigenvalue weighted by molar-refractivity contribution is -0.143. The van der Waals surface area contributed by atoms with Crippen LogP contribution >= 0.6 is 0 Å². The van der Waals surface area contributed by atoms with E-state index in [4.69, 9.17) is 0 Å². The van der Waals surface area contributed by atoms with Gasteiger partial charge in [-0.1, -0.05) is 12.1 Å². The van der Waals surface area contributed by atoms with Crippen LogP contribution in [0.1, 0.15) is 19.3 Å². The van der Waals surface area contributed by atoms with E-state index in [9.17, 15) is 18.0 Å². The number of benzene rings is 1. The molecule has 1 aromatic rings. The number of halogens is 3. The summed E-state index contributed by atoms with van der Waals surface area (Å²) in [5, 5.41) is 3.17. The van der Waals surface area contributed by atoms with Crippen molar-refractivity contribution in [3.8, 4) is 0 Å². The van der Waals surface area contributed by atoms with Gasteiger partial charge in [-0.25, -0.2) is 0 Å². The maximum Gasteiger partial charge on any atom is 0.389 e. The average molecular weight is 272 g/mol. The first kappa shape index (κ1) is 13.7. The SMILES string of the molecule is O=C(CCC(F)(F)F)N1CCCNc2ccccc21. The molecule has 0 aromatic heterocycles. The van der Waals surface area contributed by atoms with Gasteiger partial charge < -0.3 is 10.2 Å². The molecule has 1 aliphatic rings. The van der Waals surface area contributed by atoms with Gasteiger partial charge in [-0.05, 0) is 18.6 Å². The van der Waals surface area contributed by atoms with E-state index in [1.165, 1.54) is 4.90 Å². The molecule has 1 aliphatic heterocycles. The van der Waals surface area contributed by atoms with Crippen LogP contribution in [0.2, 0.25) is 0 Å². The molecule has 1 N–H and O–H groups in total. The fourth-order valence-electron chi connectivity index (χ4n) is 2.08. The fraction of sp³-hybridized carbons (Fsp3) is 0.462. The first-order chi connectivity index (χ1) is 8.97. The zero-order valence-corrected chi connectivity index (χ0v) is 10.3. The highest BCUT2D eigenvalue weighted by molar-refractivity contribution is 5.96. The quantitative estimate of drug-likeness (QED) is 0.896. The summed E-state index contributed by atoms with van der Waals surface area (Å²) in [6, 6.07) is 7.18. The molecule has 3 nitrogen and oxygen atoms in total. The second-order valence-corrected chi connectivity index (χ2v) is 4.46. The highest BCUT2D eigenvalue weighted by Crippen LogP contribution is 2.29. The molecule has 0 radical (unpaired) electrons. The van der Waals surface area contributed by atoms with Crippen LogP contribution in [0.15, 0.2) is 24.3 Å². The number of rotatable bonds is 2. The fourth-order valence-corrected chi connectivity index (χ4v) is 2.08. The van der Waals surface area contributed by atoms with E-state index in [1.807, 2.05) is 12.1 Å². The molecule has 0 saturated heterocycles. The molecule has 0 spiro atoms. The van der Waals surface area contributed by atoms with E-state index >= 15 is 0 Å². The zero-order chi connectivity index (χ0) is 13.9. The summed E-state index contributed by atoms with van der Waals surface area (Å²) in [6.45, 7) is 1.15. The van der Waals surface area contributed by atoms with Gasteiger partial charge in [-0.15, -0.1) is 0 Å². The van der Waals surface area contributed by atoms with Gasteiger partial charge in [-0.2, -0.15) is 13.2 Å². The molecule has 19 heavy (non-hydrogen) atoms. The number of anilines is 2. The lowest BCUT2D eigenvalue weighted by atomic mass is 10.2. The minimum absolute atomic E-state index is 0.445. The Morgan fingerprint density at radius 2 is 2.05 bits per heavy atom. The number of alkyl halides is 3. The predicted molar refractivity (Wildman–Crippen MR) is 67.2 cm³/mol. The van der Waals surface area contributed by atoms with Crippen LogP contribution in [0.5, 0.6) is 0 Å². The minimum Gasteiger partial charge on any atom is -0.383 e. The van der Waals surface area contributed by atoms with Crippen molar-refractivity contribution < 1.29 is 18.0 Å². The Balaban J connectivity index is 2.13. The first-order valence-corrected chi connectivity index (χ1v) is 6.17. The van der Waals surface area contributed by atoms with Crippen LogP contribution in [0.4, 0.5) is 24.5 Å². The molecular formula is C13H15F3N2O. The van der Waals surface area contributed by atoms with Gasteiger partial charge in [0, 0.05) is 19.5 Å². The van der Waals surface area contributed by atoms with Crippen molar-refractivity contribution in [1.29, 1.82) is 0 Å². The summed E-state index contributed by atoms with van der Waals surface area (Å²) >= 11 is 0. The average Bonchev–Trinajstić information content (AvgIpc) is 2.57. The van der Waals surface area contributed by atoms with Crippen LogP contribution in [0.25, 0.3) is 0 Å². The number of nitrogens with zero attached hydrogens (tertiary/aromatic N) is 1. The van der Waals surface area contributed by atoms with Crippen molar-refractivity contribution in [2.45, 2.75) is 25.4 Å². The normalized spacial score (nSPS) is 15.4. The van der Waals surface area contributed by atoms with E-state index in [0.717, 1.165) is 5.69 Å². The van der Waals surface area contributed by atoms with Crippen LogP contribution in [0, 0.1) is 0 Å². The van der Waals surface area contributed by atoms with Gasteiger partial charge in [0.2, 0.25) is 5.91 Å². The number of nitrogens with one attached hydrogen (secondary N) is 1. The molecule has 0 aliphatic carbocycles. The van der Waals surface area contributed by atoms with Gasteiger partial charge in [0.25, 0.3) is 0 Å². The molecule has 1 heterocycles. The number of carbonyl (C=O) groups is 1. The molecular weight excluding hydrogens is 257 g/mol. The Morgan fingerprint density at radius 1 is 1.32 bits per heavy atom. The Bertz CT molecular complexity index is 459. The van der Waals surface area contributed by atoms with Gasteiger partial charge >= 0.3 is 6.18 Å². The number of amides is 1. The summed E-state index contributed by atoms with van der Waals surface area (Å²) in [5.41, 5.74) is 1.45. The Hall–Kier alpha value is -1.72. The third-order valence-corrected chi connectivity index (χ3v) is 2.99. The summed E-state index contributed by atoms with van der Waals surface area (Å²) in [4.78, 5) is 13.4. The Morgan fingerprint density at radius 3 is 2.79 bits per heavy atom. The third-order valence-electron chi connectivity index (χ3n) is 2.99. The van der Waals surface area contributed by atoms with Crippen molar-refractivity contribution in [2.75, 3.05) is 23.3 Å². The maximum atomic E-state index is 12.2. The number of carbonyl (C=O) groups excluding carboxylic acids is 1. The summed E-state index contributed by atoms with van der Waals surface area (Å²) < 4.78 is 36.5. The highest BCUT2D eigenvalue weighted by Gasteiger charge is 2.30. The third kappa shape index (κ3) is 3.62. The molecule has 104 valence electrons. The van der Waals surface area contributed by atoms with Gasteiger partial charge in [-0.3, -0.25) is 4.79 Å². The lowest BCUT2D eigenvalue weighted by Gasteiger charge is -2.22. The van der Waals surface area contributed by atoms with Gasteiger partial charge in [0.15, 0.2) is 0 Å². The predicted octanol–water partition coefficient (Wildman–Crippen LogP) is 3.18. The van der Waals surface area contributed by atoms with Crippen LogP contribution < -0.4 is 10.2 Å². The monoisotopic (exact) mass is 272 g/mol.